The van der Waals surface area contributed by atoms with Gasteiger partial charge in [-0.05, 0) is 49.2 Å². The Bertz CT molecular complexity index is 513. The van der Waals surface area contributed by atoms with E-state index in [0.29, 0.717) is 0 Å². The lowest BCUT2D eigenvalue weighted by atomic mass is 9.61. The monoisotopic (exact) mass is 322 g/mol. The van der Waals surface area contributed by atoms with Crippen LogP contribution in [0, 0.1) is 23.2 Å². The molecular formula is C19H28F2N2. The molecule has 3 rings (SSSR count). The molecule has 0 aromatic carbocycles. The maximum absolute atomic E-state index is 16.5. The minimum atomic E-state index is -1.80. The summed E-state index contributed by atoms with van der Waals surface area (Å²) in [6.45, 7) is 0. The molecule has 4 heteroatoms. The summed E-state index contributed by atoms with van der Waals surface area (Å²) in [6.07, 6.45) is 13.1. The van der Waals surface area contributed by atoms with Gasteiger partial charge in [-0.15, -0.1) is 0 Å². The zero-order valence-corrected chi connectivity index (χ0v) is 13.8. The van der Waals surface area contributed by atoms with Gasteiger partial charge in [0.05, 0.1) is 0 Å². The molecule has 0 heterocycles. The highest BCUT2D eigenvalue weighted by molar-refractivity contribution is 5.84. The fourth-order valence-electron chi connectivity index (χ4n) is 4.99. The van der Waals surface area contributed by atoms with Crippen LogP contribution in [0.3, 0.4) is 0 Å². The molecule has 0 radical (unpaired) electrons. The van der Waals surface area contributed by atoms with Crippen LogP contribution in [0.1, 0.15) is 64.2 Å². The number of halogens is 2. The SMILES string of the molecule is N=C(N)C1C(F)=CC=C(C2CCCCC2)C1(F)C1CCCCC1. The van der Waals surface area contributed by atoms with Gasteiger partial charge < -0.3 is 5.73 Å². The highest BCUT2D eigenvalue weighted by atomic mass is 19.2. The molecule has 128 valence electrons. The fraction of sp³-hybridized carbons (Fsp3) is 0.737. The normalized spacial score (nSPS) is 33.9. The summed E-state index contributed by atoms with van der Waals surface area (Å²) in [7, 11) is 0. The number of rotatable bonds is 3. The van der Waals surface area contributed by atoms with Crippen molar-refractivity contribution in [2.75, 3.05) is 0 Å². The summed E-state index contributed by atoms with van der Waals surface area (Å²) in [5.41, 5.74) is 4.60. The summed E-state index contributed by atoms with van der Waals surface area (Å²) in [4.78, 5) is 0. The van der Waals surface area contributed by atoms with Crippen molar-refractivity contribution in [1.29, 1.82) is 5.41 Å². The number of hydrogen-bond acceptors (Lipinski definition) is 1. The Hall–Kier alpha value is -1.19. The Morgan fingerprint density at radius 3 is 2.13 bits per heavy atom. The van der Waals surface area contributed by atoms with Crippen molar-refractivity contribution in [1.82, 2.24) is 0 Å². The van der Waals surface area contributed by atoms with Crippen LogP contribution in [0.25, 0.3) is 0 Å². The maximum Gasteiger partial charge on any atom is 0.151 e. The average Bonchev–Trinajstić information content (AvgIpc) is 2.56. The number of nitrogens with two attached hydrogens (primary N) is 1. The van der Waals surface area contributed by atoms with Crippen LogP contribution in [-0.2, 0) is 0 Å². The van der Waals surface area contributed by atoms with Crippen LogP contribution in [0.2, 0.25) is 0 Å². The number of hydrogen-bond donors (Lipinski definition) is 2. The molecule has 2 unspecified atom stereocenters. The molecule has 3 N–H and O–H groups in total. The van der Waals surface area contributed by atoms with Crippen LogP contribution >= 0.6 is 0 Å². The molecule has 0 bridgehead atoms. The van der Waals surface area contributed by atoms with Gasteiger partial charge in [0.2, 0.25) is 0 Å². The smallest absolute Gasteiger partial charge is 0.151 e. The lowest BCUT2D eigenvalue weighted by Crippen LogP contribution is -2.52. The summed E-state index contributed by atoms with van der Waals surface area (Å²) in [5, 5.41) is 7.83. The molecule has 2 atom stereocenters. The standard InChI is InChI=1S/C19H28F2N2/c20-16-12-11-15(13-7-3-1-4-8-13)19(21,17(16)18(22)23)14-9-5-2-6-10-14/h11-14,17H,1-10H2,(H3,22,23). The summed E-state index contributed by atoms with van der Waals surface area (Å²) >= 11 is 0. The van der Waals surface area contributed by atoms with Crippen LogP contribution < -0.4 is 5.73 Å². The Labute approximate surface area is 137 Å². The van der Waals surface area contributed by atoms with Crippen molar-refractivity contribution in [3.8, 4) is 0 Å². The summed E-state index contributed by atoms with van der Waals surface area (Å²) in [5.74, 6) is -2.19. The van der Waals surface area contributed by atoms with Crippen LogP contribution in [-0.4, -0.2) is 11.5 Å². The van der Waals surface area contributed by atoms with Crippen molar-refractivity contribution >= 4 is 5.84 Å². The van der Waals surface area contributed by atoms with Gasteiger partial charge in [-0.3, -0.25) is 5.41 Å². The molecule has 3 aliphatic rings. The highest BCUT2D eigenvalue weighted by Crippen LogP contribution is 2.53. The molecule has 3 aliphatic carbocycles. The predicted octanol–water partition coefficient (Wildman–Crippen LogP) is 5.20. The number of alkyl halides is 1. The first-order valence-electron chi connectivity index (χ1n) is 9.15. The van der Waals surface area contributed by atoms with Gasteiger partial charge in [-0.25, -0.2) is 8.78 Å². The second-order valence-corrected chi connectivity index (χ2v) is 7.50. The van der Waals surface area contributed by atoms with E-state index < -0.39 is 17.4 Å². The molecule has 0 aliphatic heterocycles. The van der Waals surface area contributed by atoms with Crippen molar-refractivity contribution < 1.29 is 8.78 Å². The van der Waals surface area contributed by atoms with Gasteiger partial charge in [0, 0.05) is 0 Å². The third-order valence-electron chi connectivity index (χ3n) is 6.12. The van der Waals surface area contributed by atoms with E-state index in [1.165, 1.54) is 12.5 Å². The molecule has 2 fully saturated rings. The van der Waals surface area contributed by atoms with Gasteiger partial charge in [0.25, 0.3) is 0 Å². The van der Waals surface area contributed by atoms with Crippen molar-refractivity contribution in [3.05, 3.63) is 23.6 Å². The van der Waals surface area contributed by atoms with E-state index >= 15 is 4.39 Å². The third-order valence-corrected chi connectivity index (χ3v) is 6.12. The van der Waals surface area contributed by atoms with Gasteiger partial charge in [-0.1, -0.05) is 44.6 Å². The van der Waals surface area contributed by atoms with E-state index in [1.54, 1.807) is 6.08 Å². The zero-order valence-electron chi connectivity index (χ0n) is 13.8. The maximum atomic E-state index is 16.5. The van der Waals surface area contributed by atoms with Crippen LogP contribution in [0.5, 0.6) is 0 Å². The quantitative estimate of drug-likeness (QED) is 0.544. The number of nitrogens with one attached hydrogen (secondary N) is 1. The molecule has 0 spiro atoms. The molecule has 0 aromatic heterocycles. The Kier molecular flexibility index (Phi) is 4.88. The number of amidine groups is 1. The van der Waals surface area contributed by atoms with Crippen molar-refractivity contribution in [2.24, 2.45) is 23.5 Å². The molecular weight excluding hydrogens is 294 g/mol. The Balaban J connectivity index is 2.00. The topological polar surface area (TPSA) is 49.9 Å². The van der Waals surface area contributed by atoms with E-state index in [2.05, 4.69) is 0 Å². The first kappa shape index (κ1) is 16.7. The van der Waals surface area contributed by atoms with Crippen LogP contribution in [0.15, 0.2) is 23.6 Å². The molecule has 0 saturated heterocycles. The highest BCUT2D eigenvalue weighted by Gasteiger charge is 2.54. The van der Waals surface area contributed by atoms with Gasteiger partial charge >= 0.3 is 0 Å². The molecule has 0 amide bonds. The van der Waals surface area contributed by atoms with Crippen molar-refractivity contribution in [3.63, 3.8) is 0 Å². The van der Waals surface area contributed by atoms with Gasteiger partial charge in [-0.2, -0.15) is 0 Å². The van der Waals surface area contributed by atoms with E-state index in [9.17, 15) is 4.39 Å². The average molecular weight is 322 g/mol. The molecule has 2 saturated carbocycles. The third kappa shape index (κ3) is 2.97. The Morgan fingerprint density at radius 1 is 1.00 bits per heavy atom. The van der Waals surface area contributed by atoms with E-state index in [0.717, 1.165) is 63.4 Å². The second kappa shape index (κ2) is 6.74. The minimum Gasteiger partial charge on any atom is -0.387 e. The minimum absolute atomic E-state index is 0.182. The first-order valence-corrected chi connectivity index (χ1v) is 9.15. The Morgan fingerprint density at radius 2 is 1.57 bits per heavy atom. The van der Waals surface area contributed by atoms with Crippen LogP contribution in [0.4, 0.5) is 8.78 Å². The zero-order chi connectivity index (χ0) is 16.4. The largest absolute Gasteiger partial charge is 0.387 e. The summed E-state index contributed by atoms with van der Waals surface area (Å²) < 4.78 is 30.9. The first-order chi connectivity index (χ1) is 11.0. The molecule has 0 aromatic rings. The predicted molar refractivity (Wildman–Crippen MR) is 89.7 cm³/mol. The van der Waals surface area contributed by atoms with E-state index in [1.807, 2.05) is 0 Å². The van der Waals surface area contributed by atoms with Crippen molar-refractivity contribution in [2.45, 2.75) is 69.9 Å². The lowest BCUT2D eigenvalue weighted by Gasteiger charge is -2.46. The van der Waals surface area contributed by atoms with E-state index in [4.69, 9.17) is 11.1 Å². The van der Waals surface area contributed by atoms with E-state index in [-0.39, 0.29) is 17.7 Å². The molecule has 2 nitrogen and oxygen atoms in total. The summed E-state index contributed by atoms with van der Waals surface area (Å²) in [6, 6.07) is 0. The molecule has 23 heavy (non-hydrogen) atoms. The number of allylic oxidation sites excluding steroid dienone is 3. The fourth-order valence-corrected chi connectivity index (χ4v) is 4.99. The lowest BCUT2D eigenvalue weighted by molar-refractivity contribution is 0.0465. The van der Waals surface area contributed by atoms with Gasteiger partial charge in [0.1, 0.15) is 17.6 Å². The second-order valence-electron chi connectivity index (χ2n) is 7.50. The van der Waals surface area contributed by atoms with Gasteiger partial charge in [0.15, 0.2) is 5.67 Å².